The van der Waals surface area contributed by atoms with E-state index in [1.54, 1.807) is 6.07 Å². The van der Waals surface area contributed by atoms with Crippen LogP contribution >= 0.6 is 0 Å². The van der Waals surface area contributed by atoms with E-state index in [0.29, 0.717) is 33.2 Å². The lowest BCUT2D eigenvalue weighted by Crippen LogP contribution is -2.12. The highest BCUT2D eigenvalue weighted by Crippen LogP contribution is 2.30. The molecule has 7 heteroatoms. The zero-order chi connectivity index (χ0) is 24.4. The van der Waals surface area contributed by atoms with Crippen molar-refractivity contribution in [3.05, 3.63) is 102 Å². The number of carbonyl (C=O) groups is 1. The number of para-hydroxylation sites is 3. The van der Waals surface area contributed by atoms with Gasteiger partial charge in [0, 0.05) is 10.9 Å². The molecule has 0 radical (unpaired) electrons. The Morgan fingerprint density at radius 2 is 1.66 bits per heavy atom. The highest BCUT2D eigenvalue weighted by molar-refractivity contribution is 6.06. The largest absolute Gasteiger partial charge is 0.507 e. The molecule has 2 heterocycles. The zero-order valence-electron chi connectivity index (χ0n) is 18.8. The molecule has 0 aliphatic rings. The number of imidazole rings is 1. The third-order valence-corrected chi connectivity index (χ3v) is 5.75. The Morgan fingerprint density at radius 3 is 2.40 bits per heavy atom. The average Bonchev–Trinajstić information content (AvgIpc) is 3.31. The smallest absolute Gasteiger partial charge is 0.339 e. The summed E-state index contributed by atoms with van der Waals surface area (Å²) in [6, 6.07) is 26.2. The van der Waals surface area contributed by atoms with Crippen molar-refractivity contribution in [2.45, 2.75) is 6.92 Å². The summed E-state index contributed by atoms with van der Waals surface area (Å²) in [7, 11) is 0. The van der Waals surface area contributed by atoms with Gasteiger partial charge in [-0.25, -0.2) is 14.8 Å². The Hall–Kier alpha value is -4.96. The molecule has 0 saturated carbocycles. The van der Waals surface area contributed by atoms with E-state index >= 15 is 0 Å². The van der Waals surface area contributed by atoms with Gasteiger partial charge in [-0.05, 0) is 30.7 Å². The summed E-state index contributed by atoms with van der Waals surface area (Å²) in [4.78, 5) is 25.4. The normalized spacial score (nSPS) is 11.8. The molecular formula is C28H20N4O3. The molecule has 170 valence electrons. The second-order valence-corrected chi connectivity index (χ2v) is 7.96. The lowest BCUT2D eigenvalue weighted by Gasteiger charge is -2.14. The van der Waals surface area contributed by atoms with Gasteiger partial charge in [-0.1, -0.05) is 60.7 Å². The minimum Gasteiger partial charge on any atom is -0.507 e. The number of aromatic amines is 1. The van der Waals surface area contributed by atoms with Gasteiger partial charge < -0.3 is 14.8 Å². The van der Waals surface area contributed by atoms with E-state index in [0.717, 1.165) is 11.1 Å². The Morgan fingerprint density at radius 1 is 0.971 bits per heavy atom. The maximum Gasteiger partial charge on any atom is 0.339 e. The predicted octanol–water partition coefficient (Wildman–Crippen LogP) is 5.74. The number of pyridine rings is 1. The van der Waals surface area contributed by atoms with Crippen LogP contribution in [0.4, 0.5) is 0 Å². The van der Waals surface area contributed by atoms with Crippen LogP contribution in [-0.2, 0) is 4.74 Å². The van der Waals surface area contributed by atoms with Gasteiger partial charge in [0.25, 0.3) is 0 Å². The number of fused-ring (bicyclic) bond motifs is 2. The molecule has 3 aromatic carbocycles. The molecule has 0 saturated heterocycles. The number of nitrogens with one attached hydrogen (secondary N) is 1. The molecule has 35 heavy (non-hydrogen) atoms. The number of nitrogens with zero attached hydrogens (tertiary/aromatic N) is 3. The van der Waals surface area contributed by atoms with E-state index in [9.17, 15) is 15.2 Å². The van der Waals surface area contributed by atoms with E-state index < -0.39 is 12.6 Å². The molecule has 0 bridgehead atoms. The fraction of sp³-hybridized carbons (Fsp3) is 0.0714. The monoisotopic (exact) mass is 460 g/mol. The maximum absolute atomic E-state index is 13.3. The van der Waals surface area contributed by atoms with Crippen LogP contribution in [0.15, 0.2) is 84.6 Å². The van der Waals surface area contributed by atoms with Crippen LogP contribution in [0.1, 0.15) is 21.7 Å². The summed E-state index contributed by atoms with van der Waals surface area (Å²) < 4.78 is 5.48. The van der Waals surface area contributed by atoms with Crippen LogP contribution in [0.5, 0.6) is 0 Å². The van der Waals surface area contributed by atoms with Crippen LogP contribution < -0.4 is 0 Å². The van der Waals surface area contributed by atoms with Crippen LogP contribution in [0.25, 0.3) is 38.8 Å². The topological polar surface area (TPSA) is 112 Å². The van der Waals surface area contributed by atoms with Crippen LogP contribution in [0.2, 0.25) is 0 Å². The highest BCUT2D eigenvalue weighted by atomic mass is 16.5. The lowest BCUT2D eigenvalue weighted by molar-refractivity contribution is 0.0504. The Bertz CT molecular complexity index is 1610. The number of rotatable bonds is 5. The van der Waals surface area contributed by atoms with E-state index in [4.69, 9.17) is 9.72 Å². The number of aromatic nitrogens is 3. The fourth-order valence-electron chi connectivity index (χ4n) is 4.05. The molecule has 0 unspecified atom stereocenters. The quantitative estimate of drug-likeness (QED) is 0.197. The minimum absolute atomic E-state index is 0.0877. The molecule has 7 nitrogen and oxygen atoms in total. The number of H-pyrrole nitrogens is 1. The van der Waals surface area contributed by atoms with Gasteiger partial charge in [-0.2, -0.15) is 5.26 Å². The first kappa shape index (κ1) is 21.9. The molecule has 0 aliphatic carbocycles. The molecule has 0 amide bonds. The Kier molecular flexibility index (Phi) is 5.70. The van der Waals surface area contributed by atoms with Gasteiger partial charge in [0.05, 0.1) is 27.8 Å². The molecule has 2 N–H and O–H groups in total. The van der Waals surface area contributed by atoms with Gasteiger partial charge in [0.1, 0.15) is 18.2 Å². The van der Waals surface area contributed by atoms with Crippen molar-refractivity contribution in [2.75, 3.05) is 6.61 Å². The molecular weight excluding hydrogens is 440 g/mol. The minimum atomic E-state index is -0.619. The number of aliphatic hydroxyl groups excluding tert-OH is 1. The van der Waals surface area contributed by atoms with Crippen molar-refractivity contribution in [3.63, 3.8) is 0 Å². The molecule has 5 aromatic rings. The molecule has 0 aliphatic heterocycles. The third-order valence-electron chi connectivity index (χ3n) is 5.75. The number of carbonyl (C=O) groups excluding carboxylic acids is 1. The second kappa shape index (κ2) is 9.12. The van der Waals surface area contributed by atoms with E-state index in [2.05, 4.69) is 9.97 Å². The summed E-state index contributed by atoms with van der Waals surface area (Å²) in [5.74, 6) is -0.801. The predicted molar refractivity (Wildman–Crippen MR) is 133 cm³/mol. The number of aliphatic hydroxyl groups is 1. The summed E-state index contributed by atoms with van der Waals surface area (Å²) in [6.45, 7) is 1.35. The van der Waals surface area contributed by atoms with Crippen molar-refractivity contribution in [2.24, 2.45) is 0 Å². The number of nitriles is 1. The lowest BCUT2D eigenvalue weighted by atomic mass is 9.98. The van der Waals surface area contributed by atoms with Gasteiger partial charge in [-0.3, -0.25) is 0 Å². The van der Waals surface area contributed by atoms with Crippen molar-refractivity contribution >= 4 is 33.5 Å². The first-order chi connectivity index (χ1) is 17.1. The van der Waals surface area contributed by atoms with Crippen molar-refractivity contribution < 1.29 is 14.6 Å². The van der Waals surface area contributed by atoms with Gasteiger partial charge in [0.2, 0.25) is 0 Å². The second-order valence-electron chi connectivity index (χ2n) is 7.96. The summed E-state index contributed by atoms with van der Waals surface area (Å²) >= 11 is 0. The fourth-order valence-corrected chi connectivity index (χ4v) is 4.05. The Labute approximate surface area is 201 Å². The molecule has 2 aromatic heterocycles. The SMILES string of the molecule is Cc1c(-c2ccccc2)nc2ccccc2c1C(=O)OCC(O)=C(C#N)c1nc2ccccc2[nH]1. The van der Waals surface area contributed by atoms with Gasteiger partial charge in [0.15, 0.2) is 11.6 Å². The van der Waals surface area contributed by atoms with Gasteiger partial charge in [-0.15, -0.1) is 0 Å². The van der Waals surface area contributed by atoms with Crippen LogP contribution in [0, 0.1) is 18.3 Å². The highest BCUT2D eigenvalue weighted by Gasteiger charge is 2.21. The van der Waals surface area contributed by atoms with E-state index in [1.807, 2.05) is 85.8 Å². The van der Waals surface area contributed by atoms with E-state index in [1.165, 1.54) is 0 Å². The van der Waals surface area contributed by atoms with E-state index in [-0.39, 0.29) is 17.2 Å². The summed E-state index contributed by atoms with van der Waals surface area (Å²) in [6.07, 6.45) is 0. The standard InChI is InChI=1S/C28H20N4O3/c1-17-25(19-11-5-6-12-21(19)30-26(17)18-9-3-2-4-10-18)28(34)35-16-24(33)20(15-29)27-31-22-13-7-8-14-23(22)32-27/h2-14,33H,16H2,1H3,(H,31,32). The first-order valence-corrected chi connectivity index (χ1v) is 11.0. The van der Waals surface area contributed by atoms with Crippen LogP contribution in [0.3, 0.4) is 0 Å². The van der Waals surface area contributed by atoms with Crippen molar-refractivity contribution in [1.82, 2.24) is 15.0 Å². The number of hydrogen-bond acceptors (Lipinski definition) is 6. The number of benzene rings is 3. The molecule has 0 spiro atoms. The number of ether oxygens (including phenoxy) is 1. The molecule has 0 fully saturated rings. The van der Waals surface area contributed by atoms with Gasteiger partial charge >= 0.3 is 5.97 Å². The third kappa shape index (κ3) is 4.09. The molecule has 0 atom stereocenters. The summed E-state index contributed by atoms with van der Waals surface area (Å²) in [5.41, 5.74) is 4.55. The van der Waals surface area contributed by atoms with Crippen molar-refractivity contribution in [3.8, 4) is 17.3 Å². The number of allylic oxidation sites excluding steroid dienone is 1. The first-order valence-electron chi connectivity index (χ1n) is 11.0. The zero-order valence-corrected chi connectivity index (χ0v) is 18.8. The Balaban J connectivity index is 1.50. The average molecular weight is 460 g/mol. The van der Waals surface area contributed by atoms with Crippen molar-refractivity contribution in [1.29, 1.82) is 5.26 Å². The summed E-state index contributed by atoms with van der Waals surface area (Å²) in [5, 5.41) is 20.9. The molecule has 5 rings (SSSR count). The number of hydrogen-bond donors (Lipinski definition) is 2. The number of esters is 1. The van der Waals surface area contributed by atoms with Crippen LogP contribution in [-0.4, -0.2) is 32.6 Å². The maximum atomic E-state index is 13.3.